The Morgan fingerprint density at radius 3 is 2.62 bits per heavy atom. The Labute approximate surface area is 142 Å². The Morgan fingerprint density at radius 1 is 1.19 bits per heavy atom. The summed E-state index contributed by atoms with van der Waals surface area (Å²) in [6.45, 7) is 3.11. The topological polar surface area (TPSA) is 34.2 Å². The molecule has 2 rings (SSSR count). The molecule has 0 radical (unpaired) electrons. The maximum atomic E-state index is 5.30. The molecule has 0 amide bonds. The zero-order valence-electron chi connectivity index (χ0n) is 12.1. The molecule has 1 atom stereocenters. The van der Waals surface area contributed by atoms with Gasteiger partial charge in [-0.2, -0.15) is 0 Å². The maximum absolute atomic E-state index is 5.30. The molecule has 3 nitrogen and oxygen atoms in total. The highest BCUT2D eigenvalue weighted by Crippen LogP contribution is 2.31. The molecule has 0 spiro atoms. The van der Waals surface area contributed by atoms with E-state index in [0.717, 1.165) is 33.2 Å². The number of halogens is 2. The third-order valence-corrected chi connectivity index (χ3v) is 4.22. The van der Waals surface area contributed by atoms with Crippen molar-refractivity contribution in [2.45, 2.75) is 19.4 Å². The van der Waals surface area contributed by atoms with Gasteiger partial charge in [-0.05, 0) is 74.2 Å². The number of rotatable bonds is 6. The van der Waals surface area contributed by atoms with Crippen molar-refractivity contribution in [3.05, 3.63) is 56.7 Å². The summed E-state index contributed by atoms with van der Waals surface area (Å²) in [5.41, 5.74) is 2.31. The van der Waals surface area contributed by atoms with Crippen molar-refractivity contribution in [2.24, 2.45) is 0 Å². The van der Waals surface area contributed by atoms with Gasteiger partial charge in [-0.15, -0.1) is 0 Å². The van der Waals surface area contributed by atoms with Crippen molar-refractivity contribution in [2.75, 3.05) is 13.7 Å². The third-order valence-electron chi connectivity index (χ3n) is 3.17. The summed E-state index contributed by atoms with van der Waals surface area (Å²) in [5.74, 6) is 0.834. The van der Waals surface area contributed by atoms with Gasteiger partial charge in [0.15, 0.2) is 0 Å². The molecule has 1 aromatic carbocycles. The van der Waals surface area contributed by atoms with Crippen LogP contribution in [0.4, 0.5) is 0 Å². The van der Waals surface area contributed by atoms with Gasteiger partial charge in [0.2, 0.25) is 0 Å². The highest BCUT2D eigenvalue weighted by molar-refractivity contribution is 9.10. The second-order valence-electron chi connectivity index (χ2n) is 4.72. The molecule has 21 heavy (non-hydrogen) atoms. The van der Waals surface area contributed by atoms with Gasteiger partial charge < -0.3 is 10.1 Å². The number of ether oxygens (including phenoxy) is 1. The Balaban J connectivity index is 2.37. The quantitative estimate of drug-likeness (QED) is 0.744. The van der Waals surface area contributed by atoms with Gasteiger partial charge >= 0.3 is 0 Å². The van der Waals surface area contributed by atoms with Crippen LogP contribution >= 0.6 is 31.9 Å². The molecule has 0 aliphatic heterocycles. The number of nitrogens with one attached hydrogen (secondary N) is 1. The molecular formula is C16H18Br2N2O. The van der Waals surface area contributed by atoms with E-state index in [1.165, 1.54) is 5.56 Å². The second-order valence-corrected chi connectivity index (χ2v) is 6.49. The summed E-state index contributed by atoms with van der Waals surface area (Å²) in [7, 11) is 1.67. The van der Waals surface area contributed by atoms with E-state index in [1.54, 1.807) is 13.3 Å². The van der Waals surface area contributed by atoms with E-state index in [-0.39, 0.29) is 6.04 Å². The molecular weight excluding hydrogens is 396 g/mol. The molecule has 5 heteroatoms. The van der Waals surface area contributed by atoms with Gasteiger partial charge in [0.25, 0.3) is 0 Å². The highest BCUT2D eigenvalue weighted by atomic mass is 79.9. The van der Waals surface area contributed by atoms with Crippen molar-refractivity contribution in [3.63, 3.8) is 0 Å². The van der Waals surface area contributed by atoms with Crippen molar-refractivity contribution >= 4 is 31.9 Å². The molecule has 0 saturated heterocycles. The summed E-state index contributed by atoms with van der Waals surface area (Å²) < 4.78 is 7.23. The van der Waals surface area contributed by atoms with Gasteiger partial charge in [0, 0.05) is 16.9 Å². The summed E-state index contributed by atoms with van der Waals surface area (Å²) >= 11 is 7.04. The van der Waals surface area contributed by atoms with Crippen LogP contribution < -0.4 is 10.1 Å². The molecule has 112 valence electrons. The molecule has 1 heterocycles. The molecule has 0 aliphatic carbocycles. The predicted octanol–water partition coefficient (Wildman–Crippen LogP) is 4.70. The Hall–Kier alpha value is -0.910. The average Bonchev–Trinajstić information content (AvgIpc) is 2.48. The van der Waals surface area contributed by atoms with E-state index in [9.17, 15) is 0 Å². The van der Waals surface area contributed by atoms with E-state index in [1.807, 2.05) is 12.3 Å². The van der Waals surface area contributed by atoms with E-state index in [2.05, 4.69) is 67.3 Å². The minimum absolute atomic E-state index is 0.108. The minimum Gasteiger partial charge on any atom is -0.496 e. The lowest BCUT2D eigenvalue weighted by Crippen LogP contribution is -2.23. The van der Waals surface area contributed by atoms with E-state index in [0.29, 0.717) is 0 Å². The molecule has 0 fully saturated rings. The lowest BCUT2D eigenvalue weighted by Gasteiger charge is -2.20. The van der Waals surface area contributed by atoms with Crippen LogP contribution in [0.25, 0.3) is 0 Å². The normalized spacial score (nSPS) is 12.2. The van der Waals surface area contributed by atoms with Crippen LogP contribution in [0.1, 0.15) is 30.5 Å². The number of hydrogen-bond donors (Lipinski definition) is 1. The average molecular weight is 414 g/mol. The zero-order chi connectivity index (χ0) is 15.2. The lowest BCUT2D eigenvalue weighted by molar-refractivity contribution is 0.411. The molecule has 1 N–H and O–H groups in total. The molecule has 1 aromatic heterocycles. The van der Waals surface area contributed by atoms with Crippen LogP contribution in [0.3, 0.4) is 0 Å². The number of methoxy groups -OCH3 is 1. The van der Waals surface area contributed by atoms with Crippen LogP contribution in [0.5, 0.6) is 5.75 Å². The fourth-order valence-corrected chi connectivity index (χ4v) is 3.11. The smallest absolute Gasteiger partial charge is 0.133 e. The molecule has 0 bridgehead atoms. The van der Waals surface area contributed by atoms with Crippen molar-refractivity contribution in [1.29, 1.82) is 0 Å². The second kappa shape index (κ2) is 7.92. The van der Waals surface area contributed by atoms with Gasteiger partial charge in [0.1, 0.15) is 5.75 Å². The van der Waals surface area contributed by atoms with Gasteiger partial charge in [-0.3, -0.25) is 4.98 Å². The number of pyridine rings is 1. The Bertz CT molecular complexity index is 605. The lowest BCUT2D eigenvalue weighted by atomic mass is 10.00. The van der Waals surface area contributed by atoms with E-state index in [4.69, 9.17) is 4.74 Å². The van der Waals surface area contributed by atoms with Crippen molar-refractivity contribution in [1.82, 2.24) is 10.3 Å². The zero-order valence-corrected chi connectivity index (χ0v) is 15.2. The summed E-state index contributed by atoms with van der Waals surface area (Å²) in [6.07, 6.45) is 4.77. The summed E-state index contributed by atoms with van der Waals surface area (Å²) in [5, 5.41) is 3.57. The van der Waals surface area contributed by atoms with Crippen LogP contribution in [0.2, 0.25) is 0 Å². The fourth-order valence-electron chi connectivity index (χ4n) is 2.17. The highest BCUT2D eigenvalue weighted by Gasteiger charge is 2.15. The third kappa shape index (κ3) is 4.28. The first-order chi connectivity index (χ1) is 10.2. The first-order valence-electron chi connectivity index (χ1n) is 6.83. The van der Waals surface area contributed by atoms with Crippen LogP contribution in [0, 0.1) is 0 Å². The number of hydrogen-bond acceptors (Lipinski definition) is 3. The van der Waals surface area contributed by atoms with Crippen molar-refractivity contribution < 1.29 is 4.74 Å². The van der Waals surface area contributed by atoms with Gasteiger partial charge in [-0.1, -0.05) is 13.0 Å². The van der Waals surface area contributed by atoms with Gasteiger partial charge in [-0.25, -0.2) is 0 Å². The molecule has 0 saturated carbocycles. The monoisotopic (exact) mass is 412 g/mol. The standard InChI is InChI=1S/C16H18Br2N2O/c1-3-6-20-16(12-7-13(17)10-19-9-12)11-4-5-15(21-2)14(18)8-11/h4-5,7-10,16,20H,3,6H2,1-2H3. The number of benzene rings is 1. The summed E-state index contributed by atoms with van der Waals surface area (Å²) in [4.78, 5) is 4.27. The minimum atomic E-state index is 0.108. The van der Waals surface area contributed by atoms with Crippen LogP contribution in [-0.2, 0) is 0 Å². The number of aromatic nitrogens is 1. The largest absolute Gasteiger partial charge is 0.496 e. The van der Waals surface area contributed by atoms with E-state index >= 15 is 0 Å². The first-order valence-corrected chi connectivity index (χ1v) is 8.41. The molecule has 1 unspecified atom stereocenters. The Morgan fingerprint density at radius 2 is 2.00 bits per heavy atom. The van der Waals surface area contributed by atoms with Crippen LogP contribution in [0.15, 0.2) is 45.6 Å². The van der Waals surface area contributed by atoms with Gasteiger partial charge in [0.05, 0.1) is 17.6 Å². The Kier molecular flexibility index (Phi) is 6.21. The van der Waals surface area contributed by atoms with E-state index < -0.39 is 0 Å². The first kappa shape index (κ1) is 16.5. The molecule has 0 aliphatic rings. The SMILES string of the molecule is CCCNC(c1cncc(Br)c1)c1ccc(OC)c(Br)c1. The maximum Gasteiger partial charge on any atom is 0.133 e. The van der Waals surface area contributed by atoms with Crippen LogP contribution in [-0.4, -0.2) is 18.6 Å². The number of nitrogens with zero attached hydrogens (tertiary/aromatic N) is 1. The van der Waals surface area contributed by atoms with Crippen molar-refractivity contribution in [3.8, 4) is 5.75 Å². The molecule has 2 aromatic rings. The summed E-state index contributed by atoms with van der Waals surface area (Å²) in [6, 6.07) is 8.35. The predicted molar refractivity (Wildman–Crippen MR) is 92.8 cm³/mol. The fraction of sp³-hybridized carbons (Fsp3) is 0.312.